The normalized spacial score (nSPS) is 11.5. The number of halogens is 2. The number of rotatable bonds is 7. The van der Waals surface area contributed by atoms with Crippen LogP contribution in [0, 0.1) is 0 Å². The predicted molar refractivity (Wildman–Crippen MR) is 85.0 cm³/mol. The van der Waals surface area contributed by atoms with E-state index >= 15 is 0 Å². The van der Waals surface area contributed by atoms with Gasteiger partial charge in [-0.05, 0) is 18.2 Å². The number of oxime groups is 1. The molecule has 0 aromatic heterocycles. The number of hydrogen-bond acceptors (Lipinski definition) is 4. The summed E-state index contributed by atoms with van der Waals surface area (Å²) in [7, 11) is 1.55. The summed E-state index contributed by atoms with van der Waals surface area (Å²) in [5.41, 5.74) is 5.84. The minimum atomic E-state index is -0.227. The lowest BCUT2D eigenvalue weighted by Gasteiger charge is -2.22. The fraction of sp³-hybridized carbons (Fsp3) is 0.385. The first-order valence-corrected chi connectivity index (χ1v) is 7.36. The van der Waals surface area contributed by atoms with Gasteiger partial charge in [-0.2, -0.15) is 0 Å². The summed E-state index contributed by atoms with van der Waals surface area (Å²) in [6.45, 7) is 1.08. The Morgan fingerprint density at radius 3 is 2.81 bits per heavy atom. The van der Waals surface area contributed by atoms with Crippen LogP contribution in [0.2, 0.25) is 5.02 Å². The van der Waals surface area contributed by atoms with Gasteiger partial charge in [0.2, 0.25) is 0 Å². The molecule has 0 aliphatic carbocycles. The van der Waals surface area contributed by atoms with Gasteiger partial charge in [0.1, 0.15) is 5.84 Å². The van der Waals surface area contributed by atoms with Crippen LogP contribution in [-0.2, 0) is 4.74 Å². The van der Waals surface area contributed by atoms with Crippen LogP contribution in [0.5, 0.6) is 0 Å². The second-order valence-electron chi connectivity index (χ2n) is 4.25. The van der Waals surface area contributed by atoms with E-state index in [4.69, 9.17) is 27.3 Å². The van der Waals surface area contributed by atoms with Gasteiger partial charge in [-0.1, -0.05) is 32.7 Å². The zero-order valence-electron chi connectivity index (χ0n) is 11.6. The van der Waals surface area contributed by atoms with E-state index in [-0.39, 0.29) is 18.2 Å². The van der Waals surface area contributed by atoms with E-state index in [1.165, 1.54) is 0 Å². The Kier molecular flexibility index (Phi) is 7.49. The van der Waals surface area contributed by atoms with Crippen molar-refractivity contribution in [2.75, 3.05) is 26.8 Å². The Morgan fingerprint density at radius 2 is 2.24 bits per heavy atom. The Hall–Kier alpha value is -1.31. The van der Waals surface area contributed by atoms with E-state index in [0.717, 1.165) is 4.47 Å². The molecule has 3 N–H and O–H groups in total. The molecular formula is C13H17BrClN3O3. The van der Waals surface area contributed by atoms with E-state index in [2.05, 4.69) is 21.1 Å². The Balaban J connectivity index is 2.87. The van der Waals surface area contributed by atoms with Gasteiger partial charge in [-0.15, -0.1) is 0 Å². The van der Waals surface area contributed by atoms with Crippen molar-refractivity contribution in [3.05, 3.63) is 33.3 Å². The number of amidine groups is 1. The van der Waals surface area contributed by atoms with Gasteiger partial charge in [-0.25, -0.2) is 0 Å². The summed E-state index contributed by atoms with van der Waals surface area (Å²) in [6.07, 6.45) is 0.264. The van der Waals surface area contributed by atoms with Crippen molar-refractivity contribution in [1.29, 1.82) is 0 Å². The molecule has 1 rings (SSSR count). The van der Waals surface area contributed by atoms with E-state index < -0.39 is 0 Å². The van der Waals surface area contributed by atoms with Crippen LogP contribution in [0.25, 0.3) is 0 Å². The van der Waals surface area contributed by atoms with Gasteiger partial charge in [0.25, 0.3) is 5.91 Å². The molecule has 0 spiro atoms. The van der Waals surface area contributed by atoms with E-state index in [0.29, 0.717) is 30.3 Å². The van der Waals surface area contributed by atoms with Crippen molar-refractivity contribution < 1.29 is 14.7 Å². The number of carbonyl (C=O) groups is 1. The van der Waals surface area contributed by atoms with Crippen molar-refractivity contribution in [3.63, 3.8) is 0 Å². The third-order valence-corrected chi connectivity index (χ3v) is 3.59. The largest absolute Gasteiger partial charge is 0.409 e. The highest BCUT2D eigenvalue weighted by Crippen LogP contribution is 2.22. The molecule has 1 aromatic carbocycles. The fourth-order valence-electron chi connectivity index (χ4n) is 1.65. The molecule has 1 amide bonds. The van der Waals surface area contributed by atoms with Crippen LogP contribution in [0.4, 0.5) is 0 Å². The lowest BCUT2D eigenvalue weighted by molar-refractivity contribution is 0.0700. The summed E-state index contributed by atoms with van der Waals surface area (Å²) in [6, 6.07) is 5.06. The summed E-state index contributed by atoms with van der Waals surface area (Å²) in [5.74, 6) is -0.164. The molecule has 0 saturated heterocycles. The number of benzene rings is 1. The van der Waals surface area contributed by atoms with Gasteiger partial charge < -0.3 is 20.6 Å². The molecular weight excluding hydrogens is 362 g/mol. The second kappa shape index (κ2) is 8.86. The Bertz CT molecular complexity index is 525. The molecule has 0 radical (unpaired) electrons. The fourth-order valence-corrected chi connectivity index (χ4v) is 2.40. The van der Waals surface area contributed by atoms with Gasteiger partial charge in [0, 0.05) is 31.1 Å². The Morgan fingerprint density at radius 1 is 1.52 bits per heavy atom. The van der Waals surface area contributed by atoms with Crippen molar-refractivity contribution in [2.45, 2.75) is 6.42 Å². The highest BCUT2D eigenvalue weighted by molar-refractivity contribution is 9.10. The molecule has 0 bridgehead atoms. The van der Waals surface area contributed by atoms with Gasteiger partial charge in [0.05, 0.1) is 17.2 Å². The molecule has 0 heterocycles. The average molecular weight is 379 g/mol. The van der Waals surface area contributed by atoms with Crippen LogP contribution in [0.1, 0.15) is 16.8 Å². The maximum absolute atomic E-state index is 12.5. The summed E-state index contributed by atoms with van der Waals surface area (Å²) < 4.78 is 5.79. The van der Waals surface area contributed by atoms with Crippen LogP contribution < -0.4 is 5.73 Å². The number of nitrogens with zero attached hydrogens (tertiary/aromatic N) is 2. The van der Waals surface area contributed by atoms with Crippen molar-refractivity contribution in [1.82, 2.24) is 4.90 Å². The lowest BCUT2D eigenvalue weighted by Crippen LogP contribution is -2.36. The van der Waals surface area contributed by atoms with Crippen LogP contribution >= 0.6 is 27.5 Å². The van der Waals surface area contributed by atoms with E-state index in [1.54, 1.807) is 30.2 Å². The van der Waals surface area contributed by atoms with Crippen LogP contribution in [-0.4, -0.2) is 48.7 Å². The molecule has 0 saturated carbocycles. The SMILES string of the molecule is COCCN(CCC(N)=NO)C(=O)c1ccc(Br)cc1Cl. The number of methoxy groups -OCH3 is 1. The lowest BCUT2D eigenvalue weighted by atomic mass is 10.2. The first-order chi connectivity index (χ1) is 9.99. The molecule has 8 heteroatoms. The van der Waals surface area contributed by atoms with Gasteiger partial charge in [0.15, 0.2) is 0 Å². The molecule has 0 aliphatic heterocycles. The third kappa shape index (κ3) is 5.53. The first-order valence-electron chi connectivity index (χ1n) is 6.19. The van der Waals surface area contributed by atoms with Crippen LogP contribution in [0.3, 0.4) is 0 Å². The topological polar surface area (TPSA) is 88.2 Å². The van der Waals surface area contributed by atoms with E-state index in [1.807, 2.05) is 0 Å². The number of amides is 1. The molecule has 0 unspecified atom stereocenters. The molecule has 1 aromatic rings. The summed E-state index contributed by atoms with van der Waals surface area (Å²) >= 11 is 9.39. The van der Waals surface area contributed by atoms with Gasteiger partial charge >= 0.3 is 0 Å². The van der Waals surface area contributed by atoms with Crippen molar-refractivity contribution >= 4 is 39.3 Å². The zero-order chi connectivity index (χ0) is 15.8. The second-order valence-corrected chi connectivity index (χ2v) is 5.57. The maximum atomic E-state index is 12.5. The summed E-state index contributed by atoms with van der Waals surface area (Å²) in [5, 5.41) is 11.8. The van der Waals surface area contributed by atoms with Crippen molar-refractivity contribution in [2.24, 2.45) is 10.9 Å². The number of nitrogens with two attached hydrogens (primary N) is 1. The average Bonchev–Trinajstić information content (AvgIpc) is 2.46. The molecule has 0 atom stereocenters. The van der Waals surface area contributed by atoms with E-state index in [9.17, 15) is 4.79 Å². The number of hydrogen-bond donors (Lipinski definition) is 2. The number of carbonyl (C=O) groups excluding carboxylic acids is 1. The standard InChI is InChI=1S/C13H17BrClN3O3/c1-21-7-6-18(5-4-12(16)17-20)13(19)10-3-2-9(14)8-11(10)15/h2-3,8,20H,4-7H2,1H3,(H2,16,17). The predicted octanol–water partition coefficient (Wildman–Crippen LogP) is 2.33. The van der Waals surface area contributed by atoms with Gasteiger partial charge in [-0.3, -0.25) is 4.79 Å². The monoisotopic (exact) mass is 377 g/mol. The molecule has 0 fully saturated rings. The molecule has 116 valence electrons. The zero-order valence-corrected chi connectivity index (χ0v) is 13.9. The molecule has 21 heavy (non-hydrogen) atoms. The minimum absolute atomic E-state index is 0.0621. The first kappa shape index (κ1) is 17.7. The highest BCUT2D eigenvalue weighted by atomic mass is 79.9. The smallest absolute Gasteiger partial charge is 0.255 e. The van der Waals surface area contributed by atoms with Crippen molar-refractivity contribution in [3.8, 4) is 0 Å². The highest BCUT2D eigenvalue weighted by Gasteiger charge is 2.18. The Labute approximate surface area is 136 Å². The maximum Gasteiger partial charge on any atom is 0.255 e. The van der Waals surface area contributed by atoms with Crippen LogP contribution in [0.15, 0.2) is 27.8 Å². The molecule has 6 nitrogen and oxygen atoms in total. The minimum Gasteiger partial charge on any atom is -0.409 e. The quantitative estimate of drug-likeness (QED) is 0.330. The third-order valence-electron chi connectivity index (χ3n) is 2.78. The summed E-state index contributed by atoms with van der Waals surface area (Å²) in [4.78, 5) is 14.1. The molecule has 0 aliphatic rings. The number of ether oxygens (including phenoxy) is 1.